The molecule has 25 heavy (non-hydrogen) atoms. The Bertz CT molecular complexity index is 772. The average Bonchev–Trinajstić information content (AvgIpc) is 2.62. The first-order chi connectivity index (χ1) is 12.1. The highest BCUT2D eigenvalue weighted by Gasteiger charge is 2.25. The molecule has 0 aromatic heterocycles. The highest BCUT2D eigenvalue weighted by molar-refractivity contribution is 6.27. The number of ether oxygens (including phenoxy) is 1. The van der Waals surface area contributed by atoms with E-state index >= 15 is 0 Å². The van der Waals surface area contributed by atoms with E-state index in [4.69, 9.17) is 10.3 Å². The van der Waals surface area contributed by atoms with Crippen LogP contribution in [-0.4, -0.2) is 29.0 Å². The largest absolute Gasteiger partial charge is 0.437 e. The van der Waals surface area contributed by atoms with Gasteiger partial charge in [-0.3, -0.25) is 4.79 Å². The average molecular weight is 341 g/mol. The molecule has 1 atom stereocenters. The molecule has 0 spiro atoms. The quantitative estimate of drug-likeness (QED) is 0.476. The van der Waals surface area contributed by atoms with Crippen molar-refractivity contribution in [1.82, 2.24) is 5.32 Å². The van der Waals surface area contributed by atoms with Crippen LogP contribution < -0.4 is 5.32 Å². The van der Waals surface area contributed by atoms with Crippen LogP contribution >= 0.6 is 0 Å². The number of rotatable bonds is 7. The van der Waals surface area contributed by atoms with Gasteiger partial charge in [-0.2, -0.15) is 4.79 Å². The zero-order chi connectivity index (χ0) is 18.1. The van der Waals surface area contributed by atoms with E-state index in [-0.39, 0.29) is 13.0 Å². The van der Waals surface area contributed by atoms with Crippen molar-refractivity contribution in [1.29, 1.82) is 0 Å². The lowest BCUT2D eigenvalue weighted by Crippen LogP contribution is -2.35. The maximum absolute atomic E-state index is 13.0. The van der Waals surface area contributed by atoms with E-state index in [9.17, 15) is 14.0 Å². The standard InChI is InChI=1S/C18H16FN3O3/c19-15-8-6-13(7-9-15)10-17(16(23)12-22-20)25-18(24)21-11-14-4-2-1-3-5-14/h1-9,12,17H,10-11H2,(H,21,24). The number of benzene rings is 2. The number of amides is 1. The molecule has 0 aliphatic heterocycles. The van der Waals surface area contributed by atoms with Crippen molar-refractivity contribution in [3.05, 3.63) is 77.1 Å². The fourth-order valence-corrected chi connectivity index (χ4v) is 2.12. The van der Waals surface area contributed by atoms with Gasteiger partial charge in [0, 0.05) is 13.0 Å². The molecule has 0 aliphatic carbocycles. The molecule has 1 unspecified atom stereocenters. The van der Waals surface area contributed by atoms with Crippen molar-refractivity contribution >= 4 is 18.1 Å². The van der Waals surface area contributed by atoms with Gasteiger partial charge in [-0.15, -0.1) is 0 Å². The van der Waals surface area contributed by atoms with Crippen molar-refractivity contribution in [2.24, 2.45) is 0 Å². The van der Waals surface area contributed by atoms with Crippen LogP contribution in [0.2, 0.25) is 0 Å². The van der Waals surface area contributed by atoms with Gasteiger partial charge in [-0.05, 0) is 23.3 Å². The Morgan fingerprint density at radius 1 is 1.12 bits per heavy atom. The summed E-state index contributed by atoms with van der Waals surface area (Å²) in [5.41, 5.74) is 9.99. The smallest absolute Gasteiger partial charge is 0.408 e. The predicted molar refractivity (Wildman–Crippen MR) is 88.3 cm³/mol. The molecule has 1 amide bonds. The molecular weight excluding hydrogens is 325 g/mol. The third-order valence-electron chi connectivity index (χ3n) is 3.37. The molecule has 2 rings (SSSR count). The van der Waals surface area contributed by atoms with Gasteiger partial charge < -0.3 is 15.6 Å². The number of alkyl carbamates (subject to hydrolysis) is 1. The molecule has 7 heteroatoms. The Kier molecular flexibility index (Phi) is 6.56. The first kappa shape index (κ1) is 18.0. The number of nitrogens with zero attached hydrogens (tertiary/aromatic N) is 2. The van der Waals surface area contributed by atoms with Crippen molar-refractivity contribution < 1.29 is 23.5 Å². The van der Waals surface area contributed by atoms with Gasteiger partial charge in [-0.1, -0.05) is 42.5 Å². The number of carbonyl (C=O) groups excluding carboxylic acids is 2. The highest BCUT2D eigenvalue weighted by Crippen LogP contribution is 2.09. The van der Waals surface area contributed by atoms with Gasteiger partial charge in [0.25, 0.3) is 5.78 Å². The second kappa shape index (κ2) is 9.10. The predicted octanol–water partition coefficient (Wildman–Crippen LogP) is 2.53. The number of nitrogens with one attached hydrogen (secondary N) is 1. The first-order valence-electron chi connectivity index (χ1n) is 7.52. The van der Waals surface area contributed by atoms with E-state index in [0.717, 1.165) is 5.56 Å². The maximum atomic E-state index is 13.0. The Balaban J connectivity index is 1.99. The molecule has 0 heterocycles. The summed E-state index contributed by atoms with van der Waals surface area (Å²) in [4.78, 5) is 26.5. The zero-order valence-electron chi connectivity index (χ0n) is 13.3. The van der Waals surface area contributed by atoms with Gasteiger partial charge in [0.05, 0.1) is 0 Å². The first-order valence-corrected chi connectivity index (χ1v) is 7.52. The number of hydrogen-bond donors (Lipinski definition) is 1. The number of Topliss-reactive ketones (excluding diaryl/α,β-unsaturated/α-hetero) is 1. The summed E-state index contributed by atoms with van der Waals surface area (Å²) in [6.07, 6.45) is -1.27. The van der Waals surface area contributed by atoms with E-state index in [0.29, 0.717) is 11.8 Å². The lowest BCUT2D eigenvalue weighted by molar-refractivity contribution is -0.123. The molecule has 0 saturated carbocycles. The SMILES string of the molecule is [N-]=[N+]=CC(=O)C(Cc1ccc(F)cc1)OC(=O)NCc1ccccc1. The van der Waals surface area contributed by atoms with Gasteiger partial charge in [-0.25, -0.2) is 9.18 Å². The monoisotopic (exact) mass is 341 g/mol. The van der Waals surface area contributed by atoms with Gasteiger partial charge in [0.15, 0.2) is 6.10 Å². The van der Waals surface area contributed by atoms with Gasteiger partial charge in [0.2, 0.25) is 0 Å². The number of halogens is 1. The molecule has 0 fully saturated rings. The van der Waals surface area contributed by atoms with Gasteiger partial charge in [0.1, 0.15) is 5.82 Å². The molecule has 0 saturated heterocycles. The van der Waals surface area contributed by atoms with Gasteiger partial charge >= 0.3 is 12.3 Å². The summed E-state index contributed by atoms with van der Waals surface area (Å²) in [6, 6.07) is 14.6. The van der Waals surface area contributed by atoms with Crippen LogP contribution in [0.5, 0.6) is 0 Å². The summed E-state index contributed by atoms with van der Waals surface area (Å²) < 4.78 is 18.1. The highest BCUT2D eigenvalue weighted by atomic mass is 19.1. The van der Waals surface area contributed by atoms with Crippen LogP contribution in [0.3, 0.4) is 0 Å². The third kappa shape index (κ3) is 6.01. The van der Waals surface area contributed by atoms with E-state index in [1.165, 1.54) is 24.3 Å². The summed E-state index contributed by atoms with van der Waals surface area (Å²) in [5, 5.41) is 2.54. The normalized spacial score (nSPS) is 11.1. The number of carbonyl (C=O) groups is 2. The van der Waals surface area contributed by atoms with Crippen LogP contribution in [0.15, 0.2) is 54.6 Å². The molecule has 2 aromatic rings. The second-order valence-corrected chi connectivity index (χ2v) is 5.21. The minimum Gasteiger partial charge on any atom is -0.437 e. The van der Waals surface area contributed by atoms with Crippen LogP contribution in [0.1, 0.15) is 11.1 Å². The van der Waals surface area contributed by atoms with Crippen molar-refractivity contribution in [3.8, 4) is 0 Å². The van der Waals surface area contributed by atoms with Crippen LogP contribution in [0.25, 0.3) is 5.53 Å². The minimum atomic E-state index is -1.18. The Morgan fingerprint density at radius 3 is 2.44 bits per heavy atom. The summed E-state index contributed by atoms with van der Waals surface area (Å²) in [5.74, 6) is -1.09. The molecule has 128 valence electrons. The van der Waals surface area contributed by atoms with Crippen molar-refractivity contribution in [2.45, 2.75) is 19.1 Å². The molecule has 2 aromatic carbocycles. The number of hydrogen-bond acceptors (Lipinski definition) is 3. The minimum absolute atomic E-state index is 0.0316. The third-order valence-corrected chi connectivity index (χ3v) is 3.37. The van der Waals surface area contributed by atoms with Crippen LogP contribution in [0.4, 0.5) is 9.18 Å². The molecule has 0 aliphatic rings. The van der Waals surface area contributed by atoms with Crippen LogP contribution in [-0.2, 0) is 22.5 Å². The zero-order valence-corrected chi connectivity index (χ0v) is 13.3. The number of ketones is 1. The summed E-state index contributed by atoms with van der Waals surface area (Å²) in [7, 11) is 0. The van der Waals surface area contributed by atoms with Crippen LogP contribution in [0, 0.1) is 5.82 Å². The fraction of sp³-hybridized carbons (Fsp3) is 0.167. The van der Waals surface area contributed by atoms with E-state index in [1.807, 2.05) is 30.3 Å². The lowest BCUT2D eigenvalue weighted by Gasteiger charge is -2.14. The molecule has 0 radical (unpaired) electrons. The topological polar surface area (TPSA) is 91.8 Å². The maximum Gasteiger partial charge on any atom is 0.408 e. The molecule has 6 nitrogen and oxygen atoms in total. The Morgan fingerprint density at radius 2 is 1.80 bits per heavy atom. The Hall–Kier alpha value is -3.31. The van der Waals surface area contributed by atoms with E-state index in [1.54, 1.807) is 0 Å². The molecule has 1 N–H and O–H groups in total. The Labute approximate surface area is 143 Å². The van der Waals surface area contributed by atoms with Crippen molar-refractivity contribution in [2.75, 3.05) is 0 Å². The lowest BCUT2D eigenvalue weighted by atomic mass is 10.1. The molecular formula is C18H16FN3O3. The second-order valence-electron chi connectivity index (χ2n) is 5.21. The fourth-order valence-electron chi connectivity index (χ4n) is 2.12. The summed E-state index contributed by atoms with van der Waals surface area (Å²) in [6.45, 7) is 0.241. The van der Waals surface area contributed by atoms with E-state index in [2.05, 4.69) is 10.1 Å². The summed E-state index contributed by atoms with van der Waals surface area (Å²) >= 11 is 0. The molecule has 0 bridgehead atoms. The van der Waals surface area contributed by atoms with Crippen molar-refractivity contribution in [3.63, 3.8) is 0 Å². The van der Waals surface area contributed by atoms with E-state index < -0.39 is 23.8 Å².